The van der Waals surface area contributed by atoms with Crippen LogP contribution in [0.3, 0.4) is 0 Å². The third-order valence-corrected chi connectivity index (χ3v) is 1.58. The van der Waals surface area contributed by atoms with Gasteiger partial charge in [-0.05, 0) is 40.9 Å². The van der Waals surface area contributed by atoms with Gasteiger partial charge in [0.15, 0.2) is 0 Å². The molecule has 0 aliphatic rings. The van der Waals surface area contributed by atoms with Gasteiger partial charge in [0.25, 0.3) is 0 Å². The van der Waals surface area contributed by atoms with Gasteiger partial charge in [-0.15, -0.1) is 0 Å². The molecule has 90 valence electrons. The first-order chi connectivity index (χ1) is 6.95. The summed E-state index contributed by atoms with van der Waals surface area (Å²) in [5, 5.41) is 0. The fourth-order valence-electron chi connectivity index (χ4n) is 0.729. The molecule has 0 aliphatic carbocycles. The predicted octanol–water partition coefficient (Wildman–Crippen LogP) is 2.47. The maximum Gasteiger partial charge on any atom is 0.333 e. The van der Waals surface area contributed by atoms with Crippen molar-refractivity contribution >= 4 is 5.97 Å². The molecule has 0 aliphatic heterocycles. The lowest BCUT2D eigenvalue weighted by Gasteiger charge is -2.05. The first-order valence-electron chi connectivity index (χ1n) is 5.43. The van der Waals surface area contributed by atoms with Crippen LogP contribution in [0.5, 0.6) is 0 Å². The standard InChI is InChI=1S/C6H15N.C6H10O2/c1-4-5-6-7(2)3;1-4-8-6(7)5(2)3/h4-6H2,1-3H3;2,4H2,1,3H3. The molecule has 0 bridgehead atoms. The van der Waals surface area contributed by atoms with E-state index in [1.54, 1.807) is 13.8 Å². The van der Waals surface area contributed by atoms with Crippen LogP contribution in [-0.2, 0) is 9.53 Å². The maximum atomic E-state index is 10.4. The number of esters is 1. The van der Waals surface area contributed by atoms with E-state index < -0.39 is 0 Å². The highest BCUT2D eigenvalue weighted by molar-refractivity contribution is 5.86. The molecule has 0 N–H and O–H groups in total. The number of rotatable bonds is 5. The molecule has 0 spiro atoms. The lowest BCUT2D eigenvalue weighted by Crippen LogP contribution is -2.12. The first-order valence-corrected chi connectivity index (χ1v) is 5.43. The van der Waals surface area contributed by atoms with Crippen molar-refractivity contribution in [2.24, 2.45) is 0 Å². The molecule has 0 atom stereocenters. The molecule has 0 saturated carbocycles. The molecular weight excluding hydrogens is 190 g/mol. The van der Waals surface area contributed by atoms with Gasteiger partial charge in [-0.2, -0.15) is 0 Å². The Balaban J connectivity index is 0. The van der Waals surface area contributed by atoms with Gasteiger partial charge in [0, 0.05) is 5.57 Å². The van der Waals surface area contributed by atoms with Gasteiger partial charge in [0.05, 0.1) is 6.61 Å². The molecule has 0 aromatic carbocycles. The van der Waals surface area contributed by atoms with Crippen LogP contribution in [0.4, 0.5) is 0 Å². The summed E-state index contributed by atoms with van der Waals surface area (Å²) in [5.74, 6) is -0.312. The molecule has 0 rings (SSSR count). The predicted molar refractivity (Wildman–Crippen MR) is 64.9 cm³/mol. The van der Waals surface area contributed by atoms with Crippen LogP contribution in [-0.4, -0.2) is 38.1 Å². The molecule has 3 nitrogen and oxygen atoms in total. The number of ether oxygens (including phenoxy) is 1. The number of hydrogen-bond donors (Lipinski definition) is 0. The highest BCUT2D eigenvalue weighted by atomic mass is 16.5. The lowest BCUT2D eigenvalue weighted by atomic mass is 10.3. The summed E-state index contributed by atoms with van der Waals surface area (Å²) in [6.07, 6.45) is 2.63. The maximum absolute atomic E-state index is 10.4. The van der Waals surface area contributed by atoms with E-state index in [1.165, 1.54) is 19.4 Å². The second kappa shape index (κ2) is 11.2. The highest BCUT2D eigenvalue weighted by Crippen LogP contribution is 1.89. The molecule has 0 radical (unpaired) electrons. The minimum Gasteiger partial charge on any atom is -0.463 e. The normalized spacial score (nSPS) is 9.20. The van der Waals surface area contributed by atoms with Crippen LogP contribution in [0.15, 0.2) is 12.2 Å². The number of unbranched alkanes of at least 4 members (excludes halogenated alkanes) is 1. The van der Waals surface area contributed by atoms with Gasteiger partial charge in [0.2, 0.25) is 0 Å². The minimum atomic E-state index is -0.312. The summed E-state index contributed by atoms with van der Waals surface area (Å²) in [6, 6.07) is 0. The third kappa shape index (κ3) is 15.9. The lowest BCUT2D eigenvalue weighted by molar-refractivity contribution is -0.138. The Morgan fingerprint density at radius 2 is 1.87 bits per heavy atom. The van der Waals surface area contributed by atoms with Crippen molar-refractivity contribution in [2.45, 2.75) is 33.6 Å². The van der Waals surface area contributed by atoms with Crippen molar-refractivity contribution in [1.82, 2.24) is 4.90 Å². The fourth-order valence-corrected chi connectivity index (χ4v) is 0.729. The summed E-state index contributed by atoms with van der Waals surface area (Å²) in [6.45, 7) is 10.7. The van der Waals surface area contributed by atoms with E-state index in [-0.39, 0.29) is 5.97 Å². The third-order valence-electron chi connectivity index (χ3n) is 1.58. The fraction of sp³-hybridized carbons (Fsp3) is 0.750. The second-order valence-corrected chi connectivity index (χ2v) is 3.66. The monoisotopic (exact) mass is 215 g/mol. The van der Waals surface area contributed by atoms with Gasteiger partial charge in [-0.3, -0.25) is 0 Å². The van der Waals surface area contributed by atoms with E-state index in [4.69, 9.17) is 0 Å². The van der Waals surface area contributed by atoms with Crippen LogP contribution >= 0.6 is 0 Å². The van der Waals surface area contributed by atoms with Crippen molar-refractivity contribution in [1.29, 1.82) is 0 Å². The van der Waals surface area contributed by atoms with Gasteiger partial charge in [0.1, 0.15) is 0 Å². The second-order valence-electron chi connectivity index (χ2n) is 3.66. The molecule has 0 heterocycles. The van der Waals surface area contributed by atoms with Crippen molar-refractivity contribution < 1.29 is 9.53 Å². The summed E-state index contributed by atoms with van der Waals surface area (Å²) >= 11 is 0. The quantitative estimate of drug-likeness (QED) is 0.521. The van der Waals surface area contributed by atoms with Gasteiger partial charge >= 0.3 is 5.97 Å². The van der Waals surface area contributed by atoms with E-state index >= 15 is 0 Å². The topological polar surface area (TPSA) is 29.5 Å². The van der Waals surface area contributed by atoms with Gasteiger partial charge in [-0.1, -0.05) is 19.9 Å². The molecule has 0 fully saturated rings. The summed E-state index contributed by atoms with van der Waals surface area (Å²) < 4.78 is 4.56. The molecular formula is C12H25NO2. The van der Waals surface area contributed by atoms with Gasteiger partial charge < -0.3 is 9.64 Å². The van der Waals surface area contributed by atoms with E-state index in [0.29, 0.717) is 12.2 Å². The molecule has 0 aromatic rings. The zero-order chi connectivity index (χ0) is 12.3. The van der Waals surface area contributed by atoms with E-state index in [2.05, 4.69) is 37.2 Å². The zero-order valence-corrected chi connectivity index (χ0v) is 10.8. The van der Waals surface area contributed by atoms with Crippen molar-refractivity contribution in [2.75, 3.05) is 27.2 Å². The minimum absolute atomic E-state index is 0.312. The van der Waals surface area contributed by atoms with Crippen LogP contribution in [0, 0.1) is 0 Å². The van der Waals surface area contributed by atoms with Crippen molar-refractivity contribution in [3.8, 4) is 0 Å². The molecule has 15 heavy (non-hydrogen) atoms. The van der Waals surface area contributed by atoms with Gasteiger partial charge in [-0.25, -0.2) is 4.79 Å². The largest absolute Gasteiger partial charge is 0.463 e. The van der Waals surface area contributed by atoms with Crippen molar-refractivity contribution in [3.05, 3.63) is 12.2 Å². The average Bonchev–Trinajstić information content (AvgIpc) is 2.16. The molecule has 3 heteroatoms. The smallest absolute Gasteiger partial charge is 0.333 e. The summed E-state index contributed by atoms with van der Waals surface area (Å²) in [4.78, 5) is 12.6. The number of hydrogen-bond acceptors (Lipinski definition) is 3. The number of carbonyl (C=O) groups is 1. The zero-order valence-electron chi connectivity index (χ0n) is 10.8. The highest BCUT2D eigenvalue weighted by Gasteiger charge is 1.98. The molecule has 0 unspecified atom stereocenters. The average molecular weight is 215 g/mol. The van der Waals surface area contributed by atoms with Crippen molar-refractivity contribution in [3.63, 3.8) is 0 Å². The summed E-state index contributed by atoms with van der Waals surface area (Å²) in [7, 11) is 4.21. The van der Waals surface area contributed by atoms with E-state index in [9.17, 15) is 4.79 Å². The van der Waals surface area contributed by atoms with E-state index in [1.807, 2.05) is 0 Å². The Labute approximate surface area is 94.1 Å². The number of carbonyl (C=O) groups excluding carboxylic acids is 1. The summed E-state index contributed by atoms with van der Waals surface area (Å²) in [5.41, 5.74) is 0.451. The first kappa shape index (κ1) is 16.6. The Morgan fingerprint density at radius 1 is 1.33 bits per heavy atom. The Hall–Kier alpha value is -0.830. The van der Waals surface area contributed by atoms with E-state index in [0.717, 1.165) is 0 Å². The molecule has 0 amide bonds. The van der Waals surface area contributed by atoms with Crippen LogP contribution < -0.4 is 0 Å². The SMILES string of the molecule is C=C(C)C(=O)OCC.CCCCN(C)C. The number of nitrogens with zero attached hydrogens (tertiary/aromatic N) is 1. The molecule has 0 aromatic heterocycles. The van der Waals surface area contributed by atoms with Crippen LogP contribution in [0.2, 0.25) is 0 Å². The van der Waals surface area contributed by atoms with Crippen LogP contribution in [0.25, 0.3) is 0 Å². The Bertz CT molecular complexity index is 176. The Morgan fingerprint density at radius 3 is 2.00 bits per heavy atom. The molecule has 0 saturated heterocycles. The Kier molecular flexibility index (Phi) is 12.4. The van der Waals surface area contributed by atoms with Crippen LogP contribution in [0.1, 0.15) is 33.6 Å².